The van der Waals surface area contributed by atoms with E-state index in [9.17, 15) is 0 Å². The summed E-state index contributed by atoms with van der Waals surface area (Å²) >= 11 is 0. The van der Waals surface area contributed by atoms with E-state index >= 15 is 0 Å². The number of aromatic nitrogens is 1. The van der Waals surface area contributed by atoms with Gasteiger partial charge in [0.25, 0.3) is 0 Å². The molecule has 19 heavy (non-hydrogen) atoms. The highest BCUT2D eigenvalue weighted by atomic mass is 16.5. The van der Waals surface area contributed by atoms with Crippen molar-refractivity contribution in [2.45, 2.75) is 19.3 Å². The molecular formula is C16H17NO2. The SMILES string of the molecule is COc1cc2ccc(C3=CCCC3)nc2cc1OC. The van der Waals surface area contributed by atoms with E-state index in [0.717, 1.165) is 34.5 Å². The molecule has 3 heteroatoms. The summed E-state index contributed by atoms with van der Waals surface area (Å²) < 4.78 is 10.6. The number of benzene rings is 1. The van der Waals surface area contributed by atoms with E-state index < -0.39 is 0 Å². The van der Waals surface area contributed by atoms with Gasteiger partial charge in [0.1, 0.15) is 0 Å². The third-order valence-electron chi connectivity index (χ3n) is 3.56. The maximum Gasteiger partial charge on any atom is 0.162 e. The van der Waals surface area contributed by atoms with Crippen LogP contribution in [0.4, 0.5) is 0 Å². The third kappa shape index (κ3) is 2.16. The Morgan fingerprint density at radius 1 is 1.05 bits per heavy atom. The quantitative estimate of drug-likeness (QED) is 0.835. The molecule has 0 bridgehead atoms. The minimum Gasteiger partial charge on any atom is -0.493 e. The number of pyridine rings is 1. The molecule has 98 valence electrons. The molecule has 0 saturated heterocycles. The molecule has 3 rings (SSSR count). The lowest BCUT2D eigenvalue weighted by Gasteiger charge is -2.10. The summed E-state index contributed by atoms with van der Waals surface area (Å²) in [7, 11) is 3.29. The minimum absolute atomic E-state index is 0.722. The summed E-state index contributed by atoms with van der Waals surface area (Å²) in [5.41, 5.74) is 3.39. The number of nitrogens with zero attached hydrogens (tertiary/aromatic N) is 1. The first-order valence-corrected chi connectivity index (χ1v) is 6.54. The van der Waals surface area contributed by atoms with Crippen molar-refractivity contribution in [2.24, 2.45) is 0 Å². The average Bonchev–Trinajstić information content (AvgIpc) is 2.99. The highest BCUT2D eigenvalue weighted by molar-refractivity contribution is 5.84. The fourth-order valence-electron chi connectivity index (χ4n) is 2.53. The van der Waals surface area contributed by atoms with Crippen LogP contribution in [0.5, 0.6) is 11.5 Å². The lowest BCUT2D eigenvalue weighted by Crippen LogP contribution is -1.93. The number of ether oxygens (including phenoxy) is 2. The van der Waals surface area contributed by atoms with Crippen LogP contribution in [0.2, 0.25) is 0 Å². The van der Waals surface area contributed by atoms with Gasteiger partial charge in [-0.3, -0.25) is 0 Å². The van der Waals surface area contributed by atoms with Gasteiger partial charge in [0.05, 0.1) is 25.4 Å². The van der Waals surface area contributed by atoms with Crippen molar-refractivity contribution >= 4 is 16.5 Å². The first kappa shape index (κ1) is 12.0. The van der Waals surface area contributed by atoms with E-state index in [-0.39, 0.29) is 0 Å². The van der Waals surface area contributed by atoms with Gasteiger partial charge in [0, 0.05) is 11.5 Å². The molecule has 1 heterocycles. The summed E-state index contributed by atoms with van der Waals surface area (Å²) in [5, 5.41) is 1.07. The predicted molar refractivity (Wildman–Crippen MR) is 76.7 cm³/mol. The van der Waals surface area contributed by atoms with E-state index in [0.29, 0.717) is 0 Å². The lowest BCUT2D eigenvalue weighted by molar-refractivity contribution is 0.356. The Balaban J connectivity index is 2.11. The van der Waals surface area contributed by atoms with E-state index in [2.05, 4.69) is 18.2 Å². The Kier molecular flexibility index (Phi) is 3.11. The zero-order valence-corrected chi connectivity index (χ0v) is 11.3. The lowest BCUT2D eigenvalue weighted by atomic mass is 10.1. The molecule has 0 aliphatic heterocycles. The van der Waals surface area contributed by atoms with Gasteiger partial charge in [-0.25, -0.2) is 4.98 Å². The molecule has 1 aliphatic rings. The molecule has 0 N–H and O–H groups in total. The fraction of sp³-hybridized carbons (Fsp3) is 0.312. The Hall–Kier alpha value is -2.03. The number of fused-ring (bicyclic) bond motifs is 1. The molecule has 0 fully saturated rings. The van der Waals surface area contributed by atoms with Crippen molar-refractivity contribution in [3.05, 3.63) is 36.0 Å². The van der Waals surface area contributed by atoms with Crippen LogP contribution in [-0.2, 0) is 0 Å². The summed E-state index contributed by atoms with van der Waals surface area (Å²) in [6.07, 6.45) is 5.82. The average molecular weight is 255 g/mol. The van der Waals surface area contributed by atoms with Crippen LogP contribution in [0.25, 0.3) is 16.5 Å². The Labute approximate surface area is 112 Å². The maximum atomic E-state index is 5.33. The fourth-order valence-corrected chi connectivity index (χ4v) is 2.53. The van der Waals surface area contributed by atoms with Gasteiger partial charge in [-0.1, -0.05) is 12.1 Å². The van der Waals surface area contributed by atoms with Gasteiger partial charge in [-0.15, -0.1) is 0 Å². The molecule has 1 aromatic heterocycles. The second kappa shape index (κ2) is 4.92. The van der Waals surface area contributed by atoms with Crippen LogP contribution < -0.4 is 9.47 Å². The summed E-state index contributed by atoms with van der Waals surface area (Å²) in [4.78, 5) is 4.74. The van der Waals surface area contributed by atoms with Gasteiger partial charge in [-0.05, 0) is 37.0 Å². The standard InChI is InChI=1S/C16H17NO2/c1-18-15-9-12-7-8-13(11-5-3-4-6-11)17-14(12)10-16(15)19-2/h5,7-10H,3-4,6H2,1-2H3. The van der Waals surface area contributed by atoms with Gasteiger partial charge < -0.3 is 9.47 Å². The summed E-state index contributed by atoms with van der Waals surface area (Å²) in [5.74, 6) is 1.46. The van der Waals surface area contributed by atoms with E-state index in [1.807, 2.05) is 12.1 Å². The summed E-state index contributed by atoms with van der Waals surface area (Å²) in [6, 6.07) is 8.09. The van der Waals surface area contributed by atoms with Crippen LogP contribution in [0.3, 0.4) is 0 Å². The zero-order valence-electron chi connectivity index (χ0n) is 11.3. The number of hydrogen-bond donors (Lipinski definition) is 0. The maximum absolute atomic E-state index is 5.33. The molecule has 3 nitrogen and oxygen atoms in total. The van der Waals surface area contributed by atoms with Gasteiger partial charge in [0.15, 0.2) is 11.5 Å². The first-order valence-electron chi connectivity index (χ1n) is 6.54. The van der Waals surface area contributed by atoms with Gasteiger partial charge >= 0.3 is 0 Å². The van der Waals surface area contributed by atoms with Crippen LogP contribution in [0.15, 0.2) is 30.3 Å². The number of rotatable bonds is 3. The molecular weight excluding hydrogens is 238 g/mol. The number of hydrogen-bond acceptors (Lipinski definition) is 3. The van der Waals surface area contributed by atoms with E-state index in [1.165, 1.54) is 18.4 Å². The normalized spacial score (nSPS) is 14.5. The van der Waals surface area contributed by atoms with E-state index in [1.54, 1.807) is 14.2 Å². The molecule has 0 spiro atoms. The molecule has 2 aromatic rings. The molecule has 1 aliphatic carbocycles. The van der Waals surface area contributed by atoms with Crippen molar-refractivity contribution in [3.8, 4) is 11.5 Å². The van der Waals surface area contributed by atoms with Crippen molar-refractivity contribution < 1.29 is 9.47 Å². The van der Waals surface area contributed by atoms with Gasteiger partial charge in [-0.2, -0.15) is 0 Å². The van der Waals surface area contributed by atoms with Crippen LogP contribution in [0.1, 0.15) is 25.0 Å². The zero-order chi connectivity index (χ0) is 13.2. The smallest absolute Gasteiger partial charge is 0.162 e. The van der Waals surface area contributed by atoms with Crippen LogP contribution in [0, 0.1) is 0 Å². The van der Waals surface area contributed by atoms with Crippen molar-refractivity contribution in [3.63, 3.8) is 0 Å². The number of allylic oxidation sites excluding steroid dienone is 2. The topological polar surface area (TPSA) is 31.4 Å². The second-order valence-corrected chi connectivity index (χ2v) is 4.72. The second-order valence-electron chi connectivity index (χ2n) is 4.72. The minimum atomic E-state index is 0.722. The van der Waals surface area contributed by atoms with Crippen molar-refractivity contribution in [1.82, 2.24) is 4.98 Å². The summed E-state index contributed by atoms with van der Waals surface area (Å²) in [6.45, 7) is 0. The molecule has 1 aromatic carbocycles. The van der Waals surface area contributed by atoms with Crippen LogP contribution >= 0.6 is 0 Å². The highest BCUT2D eigenvalue weighted by Gasteiger charge is 2.11. The molecule has 0 amide bonds. The molecule has 0 saturated carbocycles. The molecule has 0 unspecified atom stereocenters. The van der Waals surface area contributed by atoms with Crippen LogP contribution in [-0.4, -0.2) is 19.2 Å². The monoisotopic (exact) mass is 255 g/mol. The Morgan fingerprint density at radius 2 is 1.84 bits per heavy atom. The predicted octanol–water partition coefficient (Wildman–Crippen LogP) is 3.82. The Morgan fingerprint density at radius 3 is 2.53 bits per heavy atom. The highest BCUT2D eigenvalue weighted by Crippen LogP contribution is 2.33. The van der Waals surface area contributed by atoms with Crippen molar-refractivity contribution in [1.29, 1.82) is 0 Å². The molecule has 0 atom stereocenters. The largest absolute Gasteiger partial charge is 0.493 e. The van der Waals surface area contributed by atoms with E-state index in [4.69, 9.17) is 14.5 Å². The Bertz CT molecular complexity index is 646. The van der Waals surface area contributed by atoms with Gasteiger partial charge in [0.2, 0.25) is 0 Å². The third-order valence-corrected chi connectivity index (χ3v) is 3.56. The number of methoxy groups -OCH3 is 2. The molecule has 0 radical (unpaired) electrons. The first-order chi connectivity index (χ1) is 9.31. The van der Waals surface area contributed by atoms with Crippen molar-refractivity contribution in [2.75, 3.05) is 14.2 Å².